The summed E-state index contributed by atoms with van der Waals surface area (Å²) in [6, 6.07) is 0. The van der Waals surface area contributed by atoms with Crippen molar-refractivity contribution in [3.8, 4) is 0 Å². The Balaban J connectivity index is 2.00. The molecule has 0 heterocycles. The molecule has 110 valence electrons. The first kappa shape index (κ1) is 16.6. The van der Waals surface area contributed by atoms with Crippen molar-refractivity contribution >= 4 is 13.4 Å². The van der Waals surface area contributed by atoms with Gasteiger partial charge in [0.15, 0.2) is 5.78 Å². The Morgan fingerprint density at radius 3 is 2.32 bits per heavy atom. The molecule has 0 bridgehead atoms. The molecule has 0 aromatic heterocycles. The summed E-state index contributed by atoms with van der Waals surface area (Å²) in [7, 11) is 0.0386. The van der Waals surface area contributed by atoms with Crippen LogP contribution in [0.15, 0.2) is 11.6 Å². The lowest BCUT2D eigenvalue weighted by molar-refractivity contribution is -0.115. The van der Waals surface area contributed by atoms with Gasteiger partial charge in [0.25, 0.3) is 0 Å². The van der Waals surface area contributed by atoms with Crippen molar-refractivity contribution < 1.29 is 18.4 Å². The summed E-state index contributed by atoms with van der Waals surface area (Å²) in [6.45, 7) is 0. The first-order chi connectivity index (χ1) is 9.11. The molecule has 0 N–H and O–H groups in total. The van der Waals surface area contributed by atoms with Crippen LogP contribution < -0.4 is 0 Å². The average Bonchev–Trinajstić information content (AvgIpc) is 2.83. The Hall–Kier alpha value is -0.440. The van der Waals surface area contributed by atoms with Crippen molar-refractivity contribution in [2.75, 3.05) is 20.4 Å². The van der Waals surface area contributed by atoms with Gasteiger partial charge in [-0.2, -0.15) is 0 Å². The largest absolute Gasteiger partial charge is 0.330 e. The molecule has 0 spiro atoms. The fourth-order valence-electron chi connectivity index (χ4n) is 2.30. The molecule has 0 radical (unpaired) electrons. The second-order valence-electron chi connectivity index (χ2n) is 4.91. The van der Waals surface area contributed by atoms with Crippen LogP contribution in [-0.4, -0.2) is 26.2 Å². The fourth-order valence-corrected chi connectivity index (χ4v) is 3.43. The molecule has 1 aliphatic rings. The number of ketones is 1. The molecular formula is C14H25O4P. The molecule has 0 aromatic carbocycles. The van der Waals surface area contributed by atoms with Gasteiger partial charge in [-0.25, -0.2) is 0 Å². The van der Waals surface area contributed by atoms with E-state index in [4.69, 9.17) is 9.05 Å². The highest BCUT2D eigenvalue weighted by Crippen LogP contribution is 2.47. The molecule has 19 heavy (non-hydrogen) atoms. The van der Waals surface area contributed by atoms with Crippen LogP contribution in [0, 0.1) is 0 Å². The maximum Gasteiger partial charge on any atom is 0.330 e. The molecule has 0 saturated heterocycles. The topological polar surface area (TPSA) is 52.6 Å². The van der Waals surface area contributed by atoms with Crippen LogP contribution in [-0.2, 0) is 18.4 Å². The van der Waals surface area contributed by atoms with Gasteiger partial charge in [-0.1, -0.05) is 25.3 Å². The van der Waals surface area contributed by atoms with Crippen LogP contribution in [0.5, 0.6) is 0 Å². The average molecular weight is 288 g/mol. The SMILES string of the molecule is COP(=O)(CCCCCCCC1=CCCC1=O)OC. The van der Waals surface area contributed by atoms with E-state index in [1.165, 1.54) is 14.2 Å². The molecule has 0 fully saturated rings. The Kier molecular flexibility index (Phi) is 7.59. The van der Waals surface area contributed by atoms with Gasteiger partial charge in [-0.05, 0) is 31.3 Å². The van der Waals surface area contributed by atoms with Crippen molar-refractivity contribution in [2.45, 2.75) is 51.4 Å². The highest BCUT2D eigenvalue weighted by Gasteiger charge is 2.19. The lowest BCUT2D eigenvalue weighted by Crippen LogP contribution is -1.96. The number of unbranched alkanes of at least 4 members (excludes halogenated alkanes) is 4. The van der Waals surface area contributed by atoms with Crippen LogP contribution in [0.3, 0.4) is 0 Å². The summed E-state index contributed by atoms with van der Waals surface area (Å²) in [5, 5.41) is 0. The molecule has 1 aliphatic carbocycles. The minimum absolute atomic E-state index is 0.334. The van der Waals surface area contributed by atoms with Gasteiger partial charge >= 0.3 is 7.60 Å². The molecule has 0 saturated carbocycles. The molecule has 0 aromatic rings. The van der Waals surface area contributed by atoms with Crippen molar-refractivity contribution in [2.24, 2.45) is 0 Å². The van der Waals surface area contributed by atoms with Crippen molar-refractivity contribution in [1.82, 2.24) is 0 Å². The fraction of sp³-hybridized carbons (Fsp3) is 0.786. The van der Waals surface area contributed by atoms with Gasteiger partial charge in [0.1, 0.15) is 0 Å². The van der Waals surface area contributed by atoms with E-state index >= 15 is 0 Å². The third-order valence-corrected chi connectivity index (χ3v) is 5.53. The van der Waals surface area contributed by atoms with E-state index in [1.807, 2.05) is 0 Å². The molecule has 5 heteroatoms. The summed E-state index contributed by atoms with van der Waals surface area (Å²) in [6.07, 6.45) is 10.3. The Morgan fingerprint density at radius 2 is 1.74 bits per heavy atom. The lowest BCUT2D eigenvalue weighted by Gasteiger charge is -2.12. The Bertz CT molecular complexity index is 354. The van der Waals surface area contributed by atoms with Crippen molar-refractivity contribution in [3.63, 3.8) is 0 Å². The van der Waals surface area contributed by atoms with Gasteiger partial charge in [0, 0.05) is 20.6 Å². The molecule has 0 amide bonds. The predicted octanol–water partition coefficient (Wildman–Crippen LogP) is 4.10. The quantitative estimate of drug-likeness (QED) is 0.448. The third kappa shape index (κ3) is 6.03. The standard InChI is InChI=1S/C14H25O4P/c1-17-19(16,18-2)12-7-5-3-4-6-9-13-10-8-11-14(13)15/h10H,3-9,11-12H2,1-2H3. The summed E-state index contributed by atoms with van der Waals surface area (Å²) in [4.78, 5) is 11.4. The van der Waals surface area contributed by atoms with Crippen molar-refractivity contribution in [1.29, 1.82) is 0 Å². The zero-order chi connectivity index (χ0) is 14.1. The molecule has 4 nitrogen and oxygen atoms in total. The second kappa shape index (κ2) is 8.68. The third-order valence-electron chi connectivity index (χ3n) is 3.55. The maximum absolute atomic E-state index is 11.8. The van der Waals surface area contributed by atoms with E-state index in [0.29, 0.717) is 18.4 Å². The van der Waals surface area contributed by atoms with Crippen molar-refractivity contribution in [3.05, 3.63) is 11.6 Å². The normalized spacial score (nSPS) is 15.9. The van der Waals surface area contributed by atoms with Gasteiger partial charge in [-0.15, -0.1) is 0 Å². The molecule has 0 aliphatic heterocycles. The predicted molar refractivity (Wildman–Crippen MR) is 76.5 cm³/mol. The number of rotatable bonds is 10. The molecular weight excluding hydrogens is 263 g/mol. The number of hydrogen-bond donors (Lipinski definition) is 0. The van der Waals surface area contributed by atoms with E-state index in [9.17, 15) is 9.36 Å². The molecule has 0 atom stereocenters. The van der Waals surface area contributed by atoms with Gasteiger partial charge in [0.2, 0.25) is 0 Å². The van der Waals surface area contributed by atoms with Crippen LogP contribution in [0.2, 0.25) is 0 Å². The first-order valence-corrected chi connectivity index (χ1v) is 8.77. The van der Waals surface area contributed by atoms with E-state index < -0.39 is 7.60 Å². The van der Waals surface area contributed by atoms with Gasteiger partial charge in [-0.3, -0.25) is 9.36 Å². The minimum atomic E-state index is -2.82. The van der Waals surface area contributed by atoms with E-state index in [1.54, 1.807) is 0 Å². The summed E-state index contributed by atoms with van der Waals surface area (Å²) in [5.41, 5.74) is 1.03. The second-order valence-corrected chi connectivity index (χ2v) is 7.31. The smallest absolute Gasteiger partial charge is 0.312 e. The summed E-state index contributed by atoms with van der Waals surface area (Å²) in [5.74, 6) is 0.334. The zero-order valence-corrected chi connectivity index (χ0v) is 12.9. The number of Topliss-reactive ketones (excluding diaryl/α,β-unsaturated/α-hetero) is 1. The Morgan fingerprint density at radius 1 is 1.11 bits per heavy atom. The number of carbonyl (C=O) groups is 1. The van der Waals surface area contributed by atoms with E-state index in [-0.39, 0.29) is 0 Å². The zero-order valence-electron chi connectivity index (χ0n) is 12.0. The minimum Gasteiger partial charge on any atom is -0.312 e. The van der Waals surface area contributed by atoms with Crippen LogP contribution in [0.1, 0.15) is 51.4 Å². The summed E-state index contributed by atoms with van der Waals surface area (Å²) < 4.78 is 21.5. The highest BCUT2D eigenvalue weighted by atomic mass is 31.2. The van der Waals surface area contributed by atoms with E-state index in [2.05, 4.69) is 6.08 Å². The van der Waals surface area contributed by atoms with Gasteiger partial charge < -0.3 is 9.05 Å². The van der Waals surface area contributed by atoms with Crippen LogP contribution in [0.25, 0.3) is 0 Å². The van der Waals surface area contributed by atoms with E-state index in [0.717, 1.165) is 50.5 Å². The first-order valence-electron chi connectivity index (χ1n) is 7.04. The van der Waals surface area contributed by atoms with Gasteiger partial charge in [0.05, 0.1) is 6.16 Å². The maximum atomic E-state index is 11.8. The molecule has 1 rings (SSSR count). The number of carbonyl (C=O) groups excluding carboxylic acids is 1. The lowest BCUT2D eigenvalue weighted by atomic mass is 10.0. The molecule has 0 unspecified atom stereocenters. The Labute approximate surface area is 116 Å². The van der Waals surface area contributed by atoms with Crippen LogP contribution >= 0.6 is 7.60 Å². The van der Waals surface area contributed by atoms with Crippen LogP contribution in [0.4, 0.5) is 0 Å². The summed E-state index contributed by atoms with van der Waals surface area (Å²) >= 11 is 0. The monoisotopic (exact) mass is 288 g/mol. The highest BCUT2D eigenvalue weighted by molar-refractivity contribution is 7.53. The number of hydrogen-bond acceptors (Lipinski definition) is 4. The number of allylic oxidation sites excluding steroid dienone is 2.